The van der Waals surface area contributed by atoms with Gasteiger partial charge in [0, 0.05) is 16.1 Å². The predicted octanol–water partition coefficient (Wildman–Crippen LogP) is 2.78. The van der Waals surface area contributed by atoms with Crippen LogP contribution in [-0.2, 0) is 14.5 Å². The summed E-state index contributed by atoms with van der Waals surface area (Å²) >= 11 is -0.630. The molecule has 0 radical (unpaired) electrons. The molecular weight excluding hydrogens is 572 g/mol. The number of carbonyl (C=O) groups is 2. The third-order valence-corrected chi connectivity index (χ3v) is 5.83. The molecule has 4 N–H and O–H groups in total. The highest BCUT2D eigenvalue weighted by atomic mass is 127. The number of anilines is 1. The van der Waals surface area contributed by atoms with Crippen molar-refractivity contribution in [2.45, 2.75) is 26.4 Å². The molecule has 0 aromatic heterocycles. The molecule has 0 aliphatic carbocycles. The highest BCUT2D eigenvalue weighted by Gasteiger charge is 2.24. The Morgan fingerprint density at radius 3 is 2.74 bits per heavy atom. The summed E-state index contributed by atoms with van der Waals surface area (Å²) in [6.45, 7) is 3.08. The van der Waals surface area contributed by atoms with Crippen LogP contribution < -0.4 is 16.1 Å². The maximum atomic E-state index is 15.0. The second-order valence-corrected chi connectivity index (χ2v) is 8.77. The van der Waals surface area contributed by atoms with E-state index >= 15 is 0 Å². The minimum absolute atomic E-state index is 0.147. The van der Waals surface area contributed by atoms with Crippen LogP contribution in [-0.4, -0.2) is 53.0 Å². The van der Waals surface area contributed by atoms with Crippen LogP contribution in [0.4, 0.5) is 18.9 Å². The number of allylic oxidation sites excluding steroid dienone is 2. The lowest BCUT2D eigenvalue weighted by Gasteiger charge is -2.16. The summed E-state index contributed by atoms with van der Waals surface area (Å²) in [5.74, 6) is -4.95. The maximum absolute atomic E-state index is 15.0. The van der Waals surface area contributed by atoms with Crippen molar-refractivity contribution in [1.29, 1.82) is 0 Å². The maximum Gasteiger partial charge on any atom is 0.277 e. The number of benzene rings is 1. The van der Waals surface area contributed by atoms with Crippen molar-refractivity contribution in [2.75, 3.05) is 25.1 Å². The number of hydrogen-bond acceptors (Lipinski definition) is 7. The fourth-order valence-corrected chi connectivity index (χ4v) is 3.87. The normalized spacial score (nSPS) is 14.1. The summed E-state index contributed by atoms with van der Waals surface area (Å²) in [6.07, 6.45) is 1.89. The Bertz CT molecular complexity index is 1030. The van der Waals surface area contributed by atoms with Crippen molar-refractivity contribution in [3.63, 3.8) is 0 Å². The molecule has 0 bridgehead atoms. The summed E-state index contributed by atoms with van der Waals surface area (Å²) in [7, 11) is 0. The van der Waals surface area contributed by atoms with E-state index in [-0.39, 0.29) is 12.3 Å². The van der Waals surface area contributed by atoms with Crippen molar-refractivity contribution in [3.8, 4) is 0 Å². The Kier molecular flexibility index (Phi) is 11.2. The number of oxime groups is 1. The van der Waals surface area contributed by atoms with E-state index in [1.54, 1.807) is 4.08 Å². The Labute approximate surface area is 203 Å². The molecule has 2 amide bonds. The monoisotopic (exact) mass is 596 g/mol. The number of aliphatic hydroxyl groups excluding tert-OH is 1. The first-order valence-corrected chi connectivity index (χ1v) is 12.6. The molecule has 34 heavy (non-hydrogen) atoms. The number of nitrogens with zero attached hydrogens (tertiary/aromatic N) is 1. The zero-order valence-electron chi connectivity index (χ0n) is 18.3. The van der Waals surface area contributed by atoms with E-state index in [0.717, 1.165) is 18.7 Å². The van der Waals surface area contributed by atoms with Crippen LogP contribution >= 0.6 is 20.7 Å². The SMILES string of the molecule is CCCNC(=O)C(C)O/N=C/c1cc(C(=O)NOCCO)c(NC2=C(F)C=IC=C2)c(F)c1F. The van der Waals surface area contributed by atoms with E-state index in [4.69, 9.17) is 14.8 Å². The molecule has 1 heterocycles. The molecule has 2 rings (SSSR count). The number of rotatable bonds is 12. The first-order chi connectivity index (χ1) is 16.3. The summed E-state index contributed by atoms with van der Waals surface area (Å²) in [6, 6.07) is 0.953. The molecule has 0 fully saturated rings. The lowest BCUT2D eigenvalue weighted by molar-refractivity contribution is -0.131. The summed E-state index contributed by atoms with van der Waals surface area (Å²) in [4.78, 5) is 34.1. The molecule has 1 atom stereocenters. The fourth-order valence-electron chi connectivity index (χ4n) is 2.44. The van der Waals surface area contributed by atoms with Gasteiger partial charge in [-0.1, -0.05) is 32.8 Å². The minimum Gasteiger partial charge on any atom is -0.394 e. The van der Waals surface area contributed by atoms with Crippen LogP contribution in [0.3, 0.4) is 0 Å². The van der Waals surface area contributed by atoms with Gasteiger partial charge in [-0.05, 0) is 29.6 Å². The van der Waals surface area contributed by atoms with Crippen LogP contribution in [0.15, 0.2) is 32.9 Å². The number of nitrogens with one attached hydrogen (secondary N) is 3. The molecule has 0 saturated carbocycles. The molecular formula is C21H24F3IN4O5. The van der Waals surface area contributed by atoms with Gasteiger partial charge in [-0.2, -0.15) is 0 Å². The molecule has 1 aromatic carbocycles. The number of hydroxylamine groups is 1. The standard InChI is InChI=1S/C21H24F3IN4O5/c1-3-6-26-20(31)12(2)34-27-11-13-9-14(21(32)29-33-8-7-30)19(18(24)17(13)23)28-16-4-5-25-10-15(16)22/h4-5,9-12,28,30H,3,6-8H2,1-2H3,(H,26,31)(H,29,32)/b27-11+. The van der Waals surface area contributed by atoms with Gasteiger partial charge < -0.3 is 20.6 Å². The zero-order valence-corrected chi connectivity index (χ0v) is 20.5. The molecule has 1 unspecified atom stereocenters. The summed E-state index contributed by atoms with van der Waals surface area (Å²) in [5, 5.41) is 17.3. The molecule has 1 aromatic rings. The summed E-state index contributed by atoms with van der Waals surface area (Å²) < 4.78 is 46.8. The molecule has 186 valence electrons. The number of halogens is 4. The van der Waals surface area contributed by atoms with Gasteiger partial charge >= 0.3 is 0 Å². The van der Waals surface area contributed by atoms with Crippen molar-refractivity contribution < 1.29 is 37.5 Å². The fraction of sp³-hybridized carbons (Fsp3) is 0.333. The van der Waals surface area contributed by atoms with E-state index in [1.165, 1.54) is 17.0 Å². The molecule has 13 heteroatoms. The number of carbonyl (C=O) groups excluding carboxylic acids is 2. The highest BCUT2D eigenvalue weighted by molar-refractivity contribution is 14.2. The van der Waals surface area contributed by atoms with Gasteiger partial charge in [-0.3, -0.25) is 14.4 Å². The first kappa shape index (κ1) is 27.5. The quantitative estimate of drug-likeness (QED) is 0.128. The molecule has 0 saturated heterocycles. The Balaban J connectivity index is 2.35. The molecule has 0 spiro atoms. The number of aliphatic hydroxyl groups is 1. The predicted molar refractivity (Wildman–Crippen MR) is 129 cm³/mol. The highest BCUT2D eigenvalue weighted by Crippen LogP contribution is 2.29. The Morgan fingerprint density at radius 2 is 2.06 bits per heavy atom. The average Bonchev–Trinajstić information content (AvgIpc) is 2.82. The topological polar surface area (TPSA) is 121 Å². The van der Waals surface area contributed by atoms with E-state index in [9.17, 15) is 22.8 Å². The van der Waals surface area contributed by atoms with Gasteiger partial charge in [0.1, 0.15) is 0 Å². The third kappa shape index (κ3) is 7.63. The van der Waals surface area contributed by atoms with E-state index in [0.29, 0.717) is 6.54 Å². The average molecular weight is 596 g/mol. The van der Waals surface area contributed by atoms with Crippen LogP contribution in [0.5, 0.6) is 0 Å². The van der Waals surface area contributed by atoms with Crippen LogP contribution in [0.1, 0.15) is 36.2 Å². The smallest absolute Gasteiger partial charge is 0.277 e. The van der Waals surface area contributed by atoms with Crippen LogP contribution in [0.2, 0.25) is 0 Å². The lowest BCUT2D eigenvalue weighted by atomic mass is 10.1. The molecule has 1 aliphatic rings. The van der Waals surface area contributed by atoms with Crippen molar-refractivity contribution >= 4 is 48.5 Å². The van der Waals surface area contributed by atoms with Gasteiger partial charge in [0.2, 0.25) is 6.10 Å². The third-order valence-electron chi connectivity index (χ3n) is 4.15. The Hall–Kier alpha value is -2.78. The lowest BCUT2D eigenvalue weighted by Crippen LogP contribution is -2.34. The van der Waals surface area contributed by atoms with Crippen LogP contribution in [0, 0.1) is 11.6 Å². The van der Waals surface area contributed by atoms with E-state index in [1.807, 2.05) is 12.4 Å². The van der Waals surface area contributed by atoms with E-state index < -0.39 is 79.5 Å². The summed E-state index contributed by atoms with van der Waals surface area (Å²) in [5.41, 5.74) is 0.310. The van der Waals surface area contributed by atoms with Gasteiger partial charge in [0.25, 0.3) is 11.8 Å². The van der Waals surface area contributed by atoms with Crippen molar-refractivity contribution in [2.24, 2.45) is 5.16 Å². The van der Waals surface area contributed by atoms with Gasteiger partial charge in [0.15, 0.2) is 17.5 Å². The van der Waals surface area contributed by atoms with Gasteiger partial charge in [-0.15, -0.1) is 0 Å². The minimum atomic E-state index is -1.47. The van der Waals surface area contributed by atoms with Gasteiger partial charge in [-0.25, -0.2) is 18.7 Å². The Morgan fingerprint density at radius 1 is 1.29 bits per heavy atom. The molecule has 9 nitrogen and oxygen atoms in total. The second-order valence-electron chi connectivity index (χ2n) is 6.71. The van der Waals surface area contributed by atoms with Crippen molar-refractivity contribution in [1.82, 2.24) is 10.8 Å². The largest absolute Gasteiger partial charge is 0.394 e. The second kappa shape index (κ2) is 13.8. The zero-order chi connectivity index (χ0) is 25.1. The number of hydrogen-bond donors (Lipinski definition) is 4. The van der Waals surface area contributed by atoms with E-state index in [2.05, 4.69) is 15.8 Å². The van der Waals surface area contributed by atoms with Crippen molar-refractivity contribution in [3.05, 3.63) is 50.5 Å². The molecule has 1 aliphatic heterocycles. The first-order valence-electron chi connectivity index (χ1n) is 10.1. The number of amides is 2. The van der Waals surface area contributed by atoms with Gasteiger partial charge in [0.05, 0.1) is 36.4 Å². The van der Waals surface area contributed by atoms with Crippen LogP contribution in [0.25, 0.3) is 0 Å².